The van der Waals surface area contributed by atoms with Crippen molar-refractivity contribution in [2.24, 2.45) is 0 Å². The Kier molecular flexibility index (Phi) is 8.93. The van der Waals surface area contributed by atoms with E-state index in [1.807, 2.05) is 24.3 Å². The number of unbranched alkanes of at least 4 members (excludes halogenated alkanes) is 3. The van der Waals surface area contributed by atoms with E-state index in [0.717, 1.165) is 44.9 Å². The summed E-state index contributed by atoms with van der Waals surface area (Å²) in [5.41, 5.74) is 7.33. The second-order valence-corrected chi connectivity index (χ2v) is 8.86. The van der Waals surface area contributed by atoms with Crippen molar-refractivity contribution in [2.45, 2.75) is 63.6 Å². The maximum atomic E-state index is 12.2. The molecule has 1 unspecified atom stereocenters. The number of hydrogen-bond acceptors (Lipinski definition) is 5. The van der Waals surface area contributed by atoms with Gasteiger partial charge in [0.05, 0.1) is 0 Å². The topological polar surface area (TPSA) is 85.9 Å². The summed E-state index contributed by atoms with van der Waals surface area (Å²) in [5, 5.41) is 2.84. The van der Waals surface area contributed by atoms with E-state index in [1.54, 1.807) is 0 Å². The van der Waals surface area contributed by atoms with Gasteiger partial charge in [-0.1, -0.05) is 61.4 Å². The summed E-state index contributed by atoms with van der Waals surface area (Å²) in [4.78, 5) is 29.3. The van der Waals surface area contributed by atoms with Crippen LogP contribution in [0.5, 0.6) is 0 Å². The fourth-order valence-corrected chi connectivity index (χ4v) is 4.59. The third-order valence-corrected chi connectivity index (χ3v) is 6.39. The van der Waals surface area contributed by atoms with Gasteiger partial charge in [0.15, 0.2) is 6.29 Å². The Balaban J connectivity index is 1.06. The van der Waals surface area contributed by atoms with Crippen LogP contribution in [0.3, 0.4) is 0 Å². The summed E-state index contributed by atoms with van der Waals surface area (Å²) < 4.78 is 11.0. The minimum Gasteiger partial charge on any atom is -0.449 e. The van der Waals surface area contributed by atoms with Gasteiger partial charge in [0.25, 0.3) is 0 Å². The molecule has 1 aliphatic carbocycles. The number of rotatable bonds is 11. The lowest BCUT2D eigenvalue weighted by Crippen LogP contribution is -2.32. The lowest BCUT2D eigenvalue weighted by Gasteiger charge is -2.22. The van der Waals surface area contributed by atoms with E-state index < -0.39 is 0 Å². The maximum Gasteiger partial charge on any atom is 0.407 e. The highest BCUT2D eigenvalue weighted by atomic mass is 16.8. The molecule has 0 saturated carbocycles. The van der Waals surface area contributed by atoms with Crippen molar-refractivity contribution in [3.63, 3.8) is 0 Å². The van der Waals surface area contributed by atoms with Gasteiger partial charge >= 0.3 is 6.09 Å². The van der Waals surface area contributed by atoms with E-state index in [4.69, 9.17) is 14.3 Å². The Morgan fingerprint density at radius 2 is 1.62 bits per heavy atom. The normalized spacial score (nSPS) is 17.0. The highest BCUT2D eigenvalue weighted by Crippen LogP contribution is 2.44. The number of alkyl carbamates (subject to hydrolysis) is 1. The Hall–Kier alpha value is -2.90. The van der Waals surface area contributed by atoms with Crippen molar-refractivity contribution in [3.8, 4) is 11.1 Å². The second kappa shape index (κ2) is 12.5. The van der Waals surface area contributed by atoms with Crippen LogP contribution < -0.4 is 10.8 Å². The highest BCUT2D eigenvalue weighted by molar-refractivity contribution is 5.79. The number of carbonyl (C=O) groups is 2. The molecule has 2 amide bonds. The van der Waals surface area contributed by atoms with Crippen LogP contribution in [0.1, 0.15) is 68.4 Å². The first-order chi connectivity index (χ1) is 16.7. The van der Waals surface area contributed by atoms with Crippen LogP contribution in [0.15, 0.2) is 48.5 Å². The largest absolute Gasteiger partial charge is 0.449 e. The summed E-state index contributed by atoms with van der Waals surface area (Å²) in [6, 6.07) is 16.6. The number of ether oxygens (including phenoxy) is 2. The molecule has 2 N–H and O–H groups in total. The molecule has 0 spiro atoms. The molecule has 1 aliphatic heterocycles. The van der Waals surface area contributed by atoms with Crippen molar-refractivity contribution in [2.75, 3.05) is 19.8 Å². The van der Waals surface area contributed by atoms with Gasteiger partial charge in [0.1, 0.15) is 6.61 Å². The van der Waals surface area contributed by atoms with Gasteiger partial charge in [-0.3, -0.25) is 4.79 Å². The number of amides is 2. The Morgan fingerprint density at radius 1 is 0.912 bits per heavy atom. The molecule has 1 saturated heterocycles. The number of fused-ring (bicyclic) bond motifs is 3. The Bertz CT molecular complexity index is 912. The number of hydrogen-bond donors (Lipinski definition) is 2. The van der Waals surface area contributed by atoms with Crippen molar-refractivity contribution in [3.05, 3.63) is 59.7 Å². The molecule has 2 aromatic carbocycles. The van der Waals surface area contributed by atoms with Crippen LogP contribution in [-0.4, -0.2) is 38.0 Å². The first-order valence-electron chi connectivity index (χ1n) is 12.4. The summed E-state index contributed by atoms with van der Waals surface area (Å²) >= 11 is 0. The van der Waals surface area contributed by atoms with Gasteiger partial charge < -0.3 is 14.8 Å². The molecule has 1 atom stereocenters. The van der Waals surface area contributed by atoms with Crippen molar-refractivity contribution >= 4 is 12.0 Å². The van der Waals surface area contributed by atoms with Crippen LogP contribution in [0.4, 0.5) is 4.79 Å². The molecule has 7 heteroatoms. The van der Waals surface area contributed by atoms with E-state index in [-0.39, 0.29) is 24.2 Å². The molecule has 0 aromatic heterocycles. The zero-order valence-corrected chi connectivity index (χ0v) is 19.6. The van der Waals surface area contributed by atoms with Gasteiger partial charge in [-0.15, -0.1) is 0 Å². The van der Waals surface area contributed by atoms with Crippen LogP contribution in [0, 0.1) is 0 Å². The standard InChI is InChI=1S/C27H34N2O5/c30-25(29-34-26-16-8-10-18-32-26)15-3-1-2-9-17-28-27(31)33-19-24-22-13-6-4-11-20(22)21-12-5-7-14-23(21)24/h4-7,11-14,24,26H,1-3,8-10,15-19H2,(H,28,31)(H,29,30). The lowest BCUT2D eigenvalue weighted by atomic mass is 9.98. The lowest BCUT2D eigenvalue weighted by molar-refractivity contribution is -0.200. The zero-order valence-electron chi connectivity index (χ0n) is 19.6. The fraction of sp³-hybridized carbons (Fsp3) is 0.481. The Labute approximate surface area is 201 Å². The maximum absolute atomic E-state index is 12.2. The van der Waals surface area contributed by atoms with E-state index in [0.29, 0.717) is 26.2 Å². The minimum absolute atomic E-state index is 0.0675. The number of benzene rings is 2. The molecule has 182 valence electrons. The first-order valence-corrected chi connectivity index (χ1v) is 12.4. The molecule has 34 heavy (non-hydrogen) atoms. The van der Waals surface area contributed by atoms with Gasteiger partial charge in [0.2, 0.25) is 5.91 Å². The predicted octanol–water partition coefficient (Wildman–Crippen LogP) is 5.05. The third-order valence-electron chi connectivity index (χ3n) is 6.39. The molecule has 0 bridgehead atoms. The van der Waals surface area contributed by atoms with Gasteiger partial charge in [-0.2, -0.15) is 0 Å². The summed E-state index contributed by atoms with van der Waals surface area (Å²) in [6.07, 6.45) is 6.12. The van der Waals surface area contributed by atoms with Crippen LogP contribution in [0.2, 0.25) is 0 Å². The number of carbonyl (C=O) groups excluding carboxylic acids is 2. The van der Waals surface area contributed by atoms with Crippen molar-refractivity contribution in [1.29, 1.82) is 0 Å². The third kappa shape index (κ3) is 6.58. The molecule has 2 aliphatic rings. The molecule has 1 fully saturated rings. The Morgan fingerprint density at radius 3 is 2.32 bits per heavy atom. The average molecular weight is 467 g/mol. The minimum atomic E-state index is -0.386. The van der Waals surface area contributed by atoms with E-state index in [9.17, 15) is 9.59 Å². The zero-order chi connectivity index (χ0) is 23.6. The van der Waals surface area contributed by atoms with E-state index in [1.165, 1.54) is 22.3 Å². The van der Waals surface area contributed by atoms with Crippen LogP contribution in [-0.2, 0) is 19.1 Å². The SMILES string of the molecule is O=C(CCCCCCNC(=O)OCC1c2ccccc2-c2ccccc21)NOC1CCCCO1. The quantitative estimate of drug-likeness (QED) is 0.358. The van der Waals surface area contributed by atoms with Crippen LogP contribution >= 0.6 is 0 Å². The van der Waals surface area contributed by atoms with E-state index in [2.05, 4.69) is 35.1 Å². The van der Waals surface area contributed by atoms with Gasteiger partial charge in [-0.25, -0.2) is 15.1 Å². The summed E-state index contributed by atoms with van der Waals surface area (Å²) in [6.45, 7) is 1.57. The molecule has 2 aromatic rings. The van der Waals surface area contributed by atoms with Gasteiger partial charge in [0, 0.05) is 31.9 Å². The molecule has 7 nitrogen and oxygen atoms in total. The number of hydroxylamine groups is 1. The second-order valence-electron chi connectivity index (χ2n) is 8.86. The average Bonchev–Trinajstić information content (AvgIpc) is 3.20. The van der Waals surface area contributed by atoms with Crippen molar-refractivity contribution < 1.29 is 23.9 Å². The monoisotopic (exact) mass is 466 g/mol. The molecule has 4 rings (SSSR count). The van der Waals surface area contributed by atoms with E-state index >= 15 is 0 Å². The summed E-state index contributed by atoms with van der Waals surface area (Å²) in [7, 11) is 0. The van der Waals surface area contributed by atoms with Crippen molar-refractivity contribution in [1.82, 2.24) is 10.8 Å². The van der Waals surface area contributed by atoms with Crippen LogP contribution in [0.25, 0.3) is 11.1 Å². The van der Waals surface area contributed by atoms with Gasteiger partial charge in [-0.05, 0) is 47.9 Å². The number of nitrogens with one attached hydrogen (secondary N) is 2. The molecular formula is C27H34N2O5. The summed E-state index contributed by atoms with van der Waals surface area (Å²) in [5.74, 6) is -0.0520. The highest BCUT2D eigenvalue weighted by Gasteiger charge is 2.28. The first kappa shape index (κ1) is 24.2. The smallest absolute Gasteiger partial charge is 0.407 e. The fourth-order valence-electron chi connectivity index (χ4n) is 4.59. The molecule has 1 heterocycles. The predicted molar refractivity (Wildman–Crippen MR) is 129 cm³/mol. The molecule has 0 radical (unpaired) electrons. The molecular weight excluding hydrogens is 432 g/mol.